The first kappa shape index (κ1) is 18.1. The standard InChI is InChI=1S/C16H15O3P.Na.H/c1-10-8-11(2)15(12(3)9-10)16(17)13-6-4-5-7-14(13)19-20-18;;/h4-9H,1-3H3;;. The van der Waals surface area contributed by atoms with Crippen molar-refractivity contribution in [3.05, 3.63) is 64.2 Å². The van der Waals surface area contributed by atoms with Crippen LogP contribution in [0.15, 0.2) is 36.4 Å². The molecule has 0 radical (unpaired) electrons. The summed E-state index contributed by atoms with van der Waals surface area (Å²) in [6, 6.07) is 10.8. The molecule has 0 amide bonds. The van der Waals surface area contributed by atoms with Gasteiger partial charge >= 0.3 is 38.2 Å². The van der Waals surface area contributed by atoms with Crippen LogP contribution in [-0.2, 0) is 4.57 Å². The second kappa shape index (κ2) is 7.86. The average Bonchev–Trinajstić information content (AvgIpc) is 2.38. The van der Waals surface area contributed by atoms with Gasteiger partial charge in [0.05, 0.1) is 5.56 Å². The Kier molecular flexibility index (Phi) is 6.76. The van der Waals surface area contributed by atoms with E-state index in [2.05, 4.69) is 0 Å². The van der Waals surface area contributed by atoms with Crippen LogP contribution in [0.4, 0.5) is 0 Å². The van der Waals surface area contributed by atoms with Crippen LogP contribution in [-0.4, -0.2) is 35.3 Å². The van der Waals surface area contributed by atoms with Crippen molar-refractivity contribution >= 4 is 44.0 Å². The molecule has 2 aromatic rings. The summed E-state index contributed by atoms with van der Waals surface area (Å²) in [6.45, 7) is 5.84. The van der Waals surface area contributed by atoms with E-state index in [1.54, 1.807) is 24.3 Å². The maximum absolute atomic E-state index is 12.7. The van der Waals surface area contributed by atoms with Crippen molar-refractivity contribution < 1.29 is 13.9 Å². The third-order valence-corrected chi connectivity index (χ3v) is 3.44. The molecule has 0 fully saturated rings. The van der Waals surface area contributed by atoms with Crippen LogP contribution in [0.2, 0.25) is 0 Å². The summed E-state index contributed by atoms with van der Waals surface area (Å²) in [5.74, 6) is 0.216. The van der Waals surface area contributed by atoms with Crippen molar-refractivity contribution in [3.63, 3.8) is 0 Å². The molecule has 21 heavy (non-hydrogen) atoms. The Labute approximate surface area is 148 Å². The van der Waals surface area contributed by atoms with Gasteiger partial charge in [0.2, 0.25) is 0 Å². The van der Waals surface area contributed by atoms with Crippen LogP contribution in [0.1, 0.15) is 32.6 Å². The zero-order valence-corrected chi connectivity index (χ0v) is 12.5. The molecule has 0 N–H and O–H groups in total. The van der Waals surface area contributed by atoms with Crippen molar-refractivity contribution in [2.24, 2.45) is 0 Å². The molecule has 0 aliphatic heterocycles. The van der Waals surface area contributed by atoms with Gasteiger partial charge in [0.1, 0.15) is 5.75 Å². The van der Waals surface area contributed by atoms with Gasteiger partial charge in [-0.1, -0.05) is 29.8 Å². The van der Waals surface area contributed by atoms with E-state index in [0.29, 0.717) is 16.9 Å². The van der Waals surface area contributed by atoms with Crippen LogP contribution in [0.5, 0.6) is 5.75 Å². The van der Waals surface area contributed by atoms with E-state index in [1.165, 1.54) is 0 Å². The summed E-state index contributed by atoms with van der Waals surface area (Å²) in [5, 5.41) is 0. The molecular weight excluding hydrogens is 294 g/mol. The van der Waals surface area contributed by atoms with E-state index in [-0.39, 0.29) is 35.3 Å². The Morgan fingerprint density at radius 3 is 2.19 bits per heavy atom. The molecule has 104 valence electrons. The van der Waals surface area contributed by atoms with Crippen LogP contribution in [0.3, 0.4) is 0 Å². The van der Waals surface area contributed by atoms with Gasteiger partial charge in [-0.15, -0.1) is 0 Å². The van der Waals surface area contributed by atoms with Gasteiger partial charge in [0.25, 0.3) is 0 Å². The summed E-state index contributed by atoms with van der Waals surface area (Å²) in [4.78, 5) is 12.7. The number of carbonyl (C=O) groups excluding carboxylic acids is 1. The van der Waals surface area contributed by atoms with E-state index < -0.39 is 8.69 Å². The topological polar surface area (TPSA) is 43.4 Å². The van der Waals surface area contributed by atoms with E-state index in [9.17, 15) is 9.36 Å². The monoisotopic (exact) mass is 310 g/mol. The quantitative estimate of drug-likeness (QED) is 0.490. The minimum atomic E-state index is -0.469. The molecule has 2 aromatic carbocycles. The average molecular weight is 310 g/mol. The molecule has 0 aliphatic rings. The summed E-state index contributed by atoms with van der Waals surface area (Å²) >= 11 is 0. The van der Waals surface area contributed by atoms with Gasteiger partial charge in [0.15, 0.2) is 5.78 Å². The van der Waals surface area contributed by atoms with Crippen molar-refractivity contribution in [1.29, 1.82) is 0 Å². The summed E-state index contributed by atoms with van der Waals surface area (Å²) in [6.07, 6.45) is 0. The number of rotatable bonds is 4. The van der Waals surface area contributed by atoms with Crippen LogP contribution >= 0.6 is 8.69 Å². The zero-order valence-electron chi connectivity index (χ0n) is 11.6. The fourth-order valence-corrected chi connectivity index (χ4v) is 2.69. The minimum absolute atomic E-state index is 0. The fraction of sp³-hybridized carbons (Fsp3) is 0.188. The van der Waals surface area contributed by atoms with Crippen molar-refractivity contribution in [2.75, 3.05) is 0 Å². The molecule has 3 nitrogen and oxygen atoms in total. The molecular formula is C16H16NaO3P. The van der Waals surface area contributed by atoms with E-state index >= 15 is 0 Å². The maximum atomic E-state index is 12.7. The van der Waals surface area contributed by atoms with Crippen LogP contribution < -0.4 is 4.52 Å². The number of hydrogen-bond donors (Lipinski definition) is 0. The first-order chi connectivity index (χ1) is 9.54. The van der Waals surface area contributed by atoms with Crippen molar-refractivity contribution in [2.45, 2.75) is 20.8 Å². The molecule has 0 unspecified atom stereocenters. The Bertz CT molecular complexity index is 660. The van der Waals surface area contributed by atoms with E-state index in [0.717, 1.165) is 16.7 Å². The molecule has 0 saturated heterocycles. The number of para-hydroxylation sites is 1. The van der Waals surface area contributed by atoms with Gasteiger partial charge < -0.3 is 4.52 Å². The Hall–Kier alpha value is -0.990. The zero-order chi connectivity index (χ0) is 14.7. The predicted octanol–water partition coefficient (Wildman–Crippen LogP) is 3.78. The van der Waals surface area contributed by atoms with Crippen LogP contribution in [0.25, 0.3) is 0 Å². The van der Waals surface area contributed by atoms with Gasteiger partial charge in [-0.3, -0.25) is 4.79 Å². The molecule has 0 bridgehead atoms. The first-order valence-corrected chi connectivity index (χ1v) is 6.99. The SMILES string of the molecule is Cc1cc(C)c(C(=O)c2ccccc2OP=O)c(C)c1.[NaH]. The van der Waals surface area contributed by atoms with Crippen molar-refractivity contribution in [3.8, 4) is 5.75 Å². The number of aryl methyl sites for hydroxylation is 3. The summed E-state index contributed by atoms with van der Waals surface area (Å²) < 4.78 is 15.6. The number of hydrogen-bond acceptors (Lipinski definition) is 3. The number of benzene rings is 2. The van der Waals surface area contributed by atoms with Crippen molar-refractivity contribution in [1.82, 2.24) is 0 Å². The molecule has 0 saturated carbocycles. The van der Waals surface area contributed by atoms with E-state index in [4.69, 9.17) is 4.52 Å². The molecule has 2 rings (SSSR count). The summed E-state index contributed by atoms with van der Waals surface area (Å²) in [7, 11) is -0.469. The molecule has 0 aliphatic carbocycles. The molecule has 0 spiro atoms. The fourth-order valence-electron chi connectivity index (χ4n) is 2.45. The molecule has 5 heteroatoms. The third-order valence-electron chi connectivity index (χ3n) is 3.17. The number of carbonyl (C=O) groups is 1. The van der Waals surface area contributed by atoms with Gasteiger partial charge in [0, 0.05) is 5.56 Å². The van der Waals surface area contributed by atoms with E-state index in [1.807, 2.05) is 32.9 Å². The second-order valence-electron chi connectivity index (χ2n) is 4.76. The van der Waals surface area contributed by atoms with Gasteiger partial charge in [-0.25, -0.2) is 4.57 Å². The predicted molar refractivity (Wildman–Crippen MR) is 85.9 cm³/mol. The first-order valence-electron chi connectivity index (χ1n) is 6.26. The summed E-state index contributed by atoms with van der Waals surface area (Å²) in [5.41, 5.74) is 4.09. The molecule has 0 heterocycles. The normalized spacial score (nSPS) is 10.0. The molecule has 0 aromatic heterocycles. The Morgan fingerprint density at radius 1 is 1.05 bits per heavy atom. The van der Waals surface area contributed by atoms with Gasteiger partial charge in [-0.2, -0.15) is 0 Å². The number of ketones is 1. The Morgan fingerprint density at radius 2 is 1.62 bits per heavy atom. The molecule has 0 atom stereocenters. The Balaban J connectivity index is 0.00000220. The third kappa shape index (κ3) is 4.02. The van der Waals surface area contributed by atoms with Gasteiger partial charge in [-0.05, 0) is 44.0 Å². The second-order valence-corrected chi connectivity index (χ2v) is 5.10. The van der Waals surface area contributed by atoms with Crippen LogP contribution in [0, 0.1) is 20.8 Å².